The summed E-state index contributed by atoms with van der Waals surface area (Å²) >= 11 is 5.86. The topological polar surface area (TPSA) is 88.0 Å². The summed E-state index contributed by atoms with van der Waals surface area (Å²) < 4.78 is 6.33. The second kappa shape index (κ2) is 6.60. The number of anilines is 1. The van der Waals surface area contributed by atoms with Crippen molar-refractivity contribution in [3.63, 3.8) is 0 Å². The maximum absolute atomic E-state index is 12.2. The number of hydrogen-bond acceptors (Lipinski definition) is 4. The van der Waals surface area contributed by atoms with E-state index in [1.54, 1.807) is 36.4 Å². The van der Waals surface area contributed by atoms with E-state index in [1.807, 2.05) is 0 Å². The molecule has 0 fully saturated rings. The number of aromatic nitrogens is 1. The van der Waals surface area contributed by atoms with Crippen molar-refractivity contribution in [3.05, 3.63) is 63.6 Å². The van der Waals surface area contributed by atoms with Gasteiger partial charge in [0.15, 0.2) is 5.58 Å². The van der Waals surface area contributed by atoms with Gasteiger partial charge in [-0.1, -0.05) is 23.7 Å². The number of hydrogen-bond donors (Lipinski definition) is 1. The Labute approximate surface area is 141 Å². The van der Waals surface area contributed by atoms with Crippen molar-refractivity contribution in [3.8, 4) is 6.07 Å². The predicted molar refractivity (Wildman–Crippen MR) is 89.9 cm³/mol. The molecule has 120 valence electrons. The number of nitrogens with one attached hydrogen (secondary N) is 1. The number of oxazole rings is 1. The summed E-state index contributed by atoms with van der Waals surface area (Å²) in [7, 11) is 0. The molecule has 24 heavy (non-hydrogen) atoms. The van der Waals surface area contributed by atoms with Crippen LogP contribution in [0.3, 0.4) is 0 Å². The Morgan fingerprint density at radius 1 is 1.25 bits per heavy atom. The van der Waals surface area contributed by atoms with E-state index >= 15 is 0 Å². The van der Waals surface area contributed by atoms with Gasteiger partial charge in [-0.2, -0.15) is 5.26 Å². The van der Waals surface area contributed by atoms with Gasteiger partial charge in [0.1, 0.15) is 6.54 Å². The zero-order valence-corrected chi connectivity index (χ0v) is 13.2. The van der Waals surface area contributed by atoms with Gasteiger partial charge in [0.05, 0.1) is 18.0 Å². The van der Waals surface area contributed by atoms with Crippen LogP contribution in [0.15, 0.2) is 51.7 Å². The number of nitriles is 1. The Bertz CT molecular complexity index is 997. The summed E-state index contributed by atoms with van der Waals surface area (Å²) in [6.45, 7) is -0.173. The summed E-state index contributed by atoms with van der Waals surface area (Å²) in [6, 6.07) is 13.8. The average molecular weight is 342 g/mol. The monoisotopic (exact) mass is 341 g/mol. The van der Waals surface area contributed by atoms with Gasteiger partial charge in [-0.15, -0.1) is 0 Å². The van der Waals surface area contributed by atoms with Gasteiger partial charge in [0, 0.05) is 16.8 Å². The van der Waals surface area contributed by atoms with Crippen molar-refractivity contribution in [2.45, 2.75) is 13.0 Å². The summed E-state index contributed by atoms with van der Waals surface area (Å²) in [5.41, 5.74) is 2.29. The van der Waals surface area contributed by atoms with Crippen LogP contribution in [-0.4, -0.2) is 10.5 Å². The van der Waals surface area contributed by atoms with Crippen molar-refractivity contribution >= 4 is 34.3 Å². The van der Waals surface area contributed by atoms with E-state index in [2.05, 4.69) is 11.4 Å². The van der Waals surface area contributed by atoms with E-state index in [-0.39, 0.29) is 12.5 Å². The lowest BCUT2D eigenvalue weighted by atomic mass is 10.1. The summed E-state index contributed by atoms with van der Waals surface area (Å²) in [6.07, 6.45) is 0.313. The molecule has 3 aromatic rings. The van der Waals surface area contributed by atoms with Crippen molar-refractivity contribution in [2.24, 2.45) is 0 Å². The van der Waals surface area contributed by atoms with Crippen molar-refractivity contribution in [1.82, 2.24) is 4.57 Å². The van der Waals surface area contributed by atoms with Crippen LogP contribution in [0, 0.1) is 11.3 Å². The minimum atomic E-state index is -0.619. The van der Waals surface area contributed by atoms with Crippen LogP contribution in [0.25, 0.3) is 11.1 Å². The van der Waals surface area contributed by atoms with Crippen LogP contribution in [0.1, 0.15) is 5.56 Å². The van der Waals surface area contributed by atoms with Gasteiger partial charge in [0.2, 0.25) is 5.91 Å². The van der Waals surface area contributed by atoms with Crippen molar-refractivity contribution < 1.29 is 9.21 Å². The smallest absolute Gasteiger partial charge is 0.408 e. The Kier molecular flexibility index (Phi) is 4.36. The molecule has 0 aliphatic rings. The van der Waals surface area contributed by atoms with E-state index in [0.717, 1.165) is 5.56 Å². The van der Waals surface area contributed by atoms with Crippen LogP contribution in [0.4, 0.5) is 5.69 Å². The van der Waals surface area contributed by atoms with Crippen LogP contribution in [-0.2, 0) is 17.8 Å². The third-order valence-corrected chi connectivity index (χ3v) is 3.69. The Hall–Kier alpha value is -3.04. The number of carbonyl (C=O) groups is 1. The number of fused-ring (bicyclic) bond motifs is 1. The van der Waals surface area contributed by atoms with Gasteiger partial charge in [-0.25, -0.2) is 4.79 Å². The molecular formula is C17H12ClN3O3. The first-order valence-corrected chi connectivity index (χ1v) is 7.49. The normalized spacial score (nSPS) is 10.5. The van der Waals surface area contributed by atoms with E-state index < -0.39 is 5.76 Å². The lowest BCUT2D eigenvalue weighted by Crippen LogP contribution is -2.24. The van der Waals surface area contributed by atoms with Gasteiger partial charge in [-0.05, 0) is 29.8 Å². The fourth-order valence-electron chi connectivity index (χ4n) is 2.33. The predicted octanol–water partition coefficient (Wildman–Crippen LogP) is 2.95. The first-order valence-electron chi connectivity index (χ1n) is 7.11. The molecule has 1 aromatic heterocycles. The molecule has 2 aromatic carbocycles. The molecule has 0 bridgehead atoms. The van der Waals surface area contributed by atoms with Crippen LogP contribution in [0.2, 0.25) is 5.02 Å². The molecule has 0 radical (unpaired) electrons. The second-order valence-corrected chi connectivity index (χ2v) is 5.58. The van der Waals surface area contributed by atoms with Crippen molar-refractivity contribution in [1.29, 1.82) is 5.26 Å². The molecule has 1 heterocycles. The zero-order valence-electron chi connectivity index (χ0n) is 12.5. The third kappa shape index (κ3) is 3.31. The maximum atomic E-state index is 12.2. The minimum Gasteiger partial charge on any atom is -0.408 e. The highest BCUT2D eigenvalue weighted by molar-refractivity contribution is 6.31. The van der Waals surface area contributed by atoms with Gasteiger partial charge in [0.25, 0.3) is 0 Å². The highest BCUT2D eigenvalue weighted by atomic mass is 35.5. The molecule has 0 saturated carbocycles. The maximum Gasteiger partial charge on any atom is 0.420 e. The van der Waals surface area contributed by atoms with E-state index in [4.69, 9.17) is 21.3 Å². The number of halogens is 1. The summed E-state index contributed by atoms with van der Waals surface area (Å²) in [5, 5.41) is 11.8. The third-order valence-electron chi connectivity index (χ3n) is 3.45. The molecule has 3 rings (SSSR count). The molecule has 1 N–H and O–H groups in total. The molecule has 0 saturated heterocycles. The lowest BCUT2D eigenvalue weighted by molar-refractivity contribution is -0.116. The second-order valence-electron chi connectivity index (χ2n) is 5.15. The van der Waals surface area contributed by atoms with Crippen LogP contribution in [0.5, 0.6) is 0 Å². The summed E-state index contributed by atoms with van der Waals surface area (Å²) in [5.74, 6) is -0.977. The fourth-order valence-corrected chi connectivity index (χ4v) is 2.49. The molecule has 7 heteroatoms. The minimum absolute atomic E-state index is 0.173. The molecular weight excluding hydrogens is 330 g/mol. The first-order chi connectivity index (χ1) is 11.6. The highest BCUT2D eigenvalue weighted by Crippen LogP contribution is 2.18. The van der Waals surface area contributed by atoms with E-state index in [0.29, 0.717) is 28.2 Å². The molecule has 0 unspecified atom stereocenters. The molecule has 6 nitrogen and oxygen atoms in total. The lowest BCUT2D eigenvalue weighted by Gasteiger charge is -2.06. The summed E-state index contributed by atoms with van der Waals surface area (Å²) in [4.78, 5) is 24.1. The standard InChI is InChI=1S/C17H12ClN3O3/c18-12-3-6-14-15(9-12)24-17(23)21(14)10-16(22)20-13-4-1-11(2-5-13)7-8-19/h1-6,9H,7,10H2,(H,20,22). The van der Waals surface area contributed by atoms with Gasteiger partial charge < -0.3 is 9.73 Å². The molecule has 0 aliphatic heterocycles. The van der Waals surface area contributed by atoms with Gasteiger partial charge >= 0.3 is 5.76 Å². The molecule has 0 spiro atoms. The van der Waals surface area contributed by atoms with Crippen LogP contribution >= 0.6 is 11.6 Å². The highest BCUT2D eigenvalue weighted by Gasteiger charge is 2.13. The zero-order chi connectivity index (χ0) is 17.1. The SMILES string of the molecule is N#CCc1ccc(NC(=O)Cn2c(=O)oc3cc(Cl)ccc32)cc1. The van der Waals surface area contributed by atoms with Crippen LogP contribution < -0.4 is 11.1 Å². The number of benzene rings is 2. The number of nitrogens with zero attached hydrogens (tertiary/aromatic N) is 2. The van der Waals surface area contributed by atoms with Crippen molar-refractivity contribution in [2.75, 3.05) is 5.32 Å². The quantitative estimate of drug-likeness (QED) is 0.790. The number of carbonyl (C=O) groups excluding carboxylic acids is 1. The Morgan fingerprint density at radius 3 is 2.71 bits per heavy atom. The van der Waals surface area contributed by atoms with E-state index in [9.17, 15) is 9.59 Å². The Morgan fingerprint density at radius 2 is 2.00 bits per heavy atom. The number of rotatable bonds is 4. The fraction of sp³-hybridized carbons (Fsp3) is 0.118. The first kappa shape index (κ1) is 15.8. The van der Waals surface area contributed by atoms with Gasteiger partial charge in [-0.3, -0.25) is 9.36 Å². The Balaban J connectivity index is 1.77. The molecule has 0 aliphatic carbocycles. The molecule has 0 atom stereocenters. The molecule has 1 amide bonds. The average Bonchev–Trinajstić information content (AvgIpc) is 2.84. The number of amides is 1. The largest absolute Gasteiger partial charge is 0.420 e. The van der Waals surface area contributed by atoms with E-state index in [1.165, 1.54) is 10.6 Å².